The van der Waals surface area contributed by atoms with Crippen molar-refractivity contribution in [3.8, 4) is 0 Å². The summed E-state index contributed by atoms with van der Waals surface area (Å²) < 4.78 is 0. The largest absolute Gasteiger partial charge is 0.369 e. The number of aryl methyl sites for hydroxylation is 1. The number of hydrogen-bond acceptors (Lipinski definition) is 4. The van der Waals surface area contributed by atoms with Gasteiger partial charge in [-0.1, -0.05) is 6.07 Å². The lowest BCUT2D eigenvalue weighted by molar-refractivity contribution is 0.102. The number of pyridine rings is 1. The van der Waals surface area contributed by atoms with Crippen molar-refractivity contribution in [1.29, 1.82) is 0 Å². The summed E-state index contributed by atoms with van der Waals surface area (Å²) in [5.41, 5.74) is 4.47. The molecule has 4 rings (SSSR count). The van der Waals surface area contributed by atoms with Gasteiger partial charge in [0.2, 0.25) is 0 Å². The van der Waals surface area contributed by atoms with E-state index in [1.54, 1.807) is 6.20 Å². The summed E-state index contributed by atoms with van der Waals surface area (Å²) in [5.74, 6) is -0.113. The number of aromatic nitrogens is 1. The van der Waals surface area contributed by atoms with E-state index in [1.165, 1.54) is 5.69 Å². The lowest BCUT2D eigenvalue weighted by Crippen LogP contribution is -2.44. The molecule has 1 saturated heterocycles. The molecule has 5 nitrogen and oxygen atoms in total. The normalized spacial score (nSPS) is 15.1. The van der Waals surface area contributed by atoms with E-state index in [4.69, 9.17) is 0 Å². The highest BCUT2D eigenvalue weighted by Crippen LogP contribution is 2.24. The Morgan fingerprint density at radius 3 is 2.52 bits per heavy atom. The molecular formula is C22H24N4O. The minimum Gasteiger partial charge on any atom is -0.369 e. The molecule has 2 aromatic carbocycles. The van der Waals surface area contributed by atoms with Crippen LogP contribution in [0.5, 0.6) is 0 Å². The van der Waals surface area contributed by atoms with Crippen LogP contribution in [0.15, 0.2) is 54.7 Å². The van der Waals surface area contributed by atoms with Gasteiger partial charge in [0.15, 0.2) is 0 Å². The van der Waals surface area contributed by atoms with Crippen LogP contribution in [-0.2, 0) is 0 Å². The number of rotatable bonds is 3. The number of hydrogen-bond donors (Lipinski definition) is 1. The summed E-state index contributed by atoms with van der Waals surface area (Å²) in [6.45, 7) is 6.18. The van der Waals surface area contributed by atoms with Crippen molar-refractivity contribution in [1.82, 2.24) is 9.88 Å². The Kier molecular flexibility index (Phi) is 4.77. The number of likely N-dealkylation sites (N-methyl/N-ethyl adjacent to an activating group) is 1. The summed E-state index contributed by atoms with van der Waals surface area (Å²) in [6.07, 6.45) is 1.75. The molecule has 1 aliphatic heterocycles. The molecule has 2 heterocycles. The Balaban J connectivity index is 1.52. The Bertz CT molecular complexity index is 960. The molecule has 3 aromatic rings. The van der Waals surface area contributed by atoms with Gasteiger partial charge >= 0.3 is 0 Å². The van der Waals surface area contributed by atoms with Gasteiger partial charge < -0.3 is 15.1 Å². The van der Waals surface area contributed by atoms with Crippen LogP contribution in [0.25, 0.3) is 10.9 Å². The van der Waals surface area contributed by atoms with Crippen LogP contribution < -0.4 is 10.2 Å². The van der Waals surface area contributed by atoms with Crippen LogP contribution in [-0.4, -0.2) is 49.0 Å². The second-order valence-corrected chi connectivity index (χ2v) is 7.18. The highest BCUT2D eigenvalue weighted by molar-refractivity contribution is 6.08. The Labute approximate surface area is 159 Å². The average Bonchev–Trinajstić information content (AvgIpc) is 2.68. The van der Waals surface area contributed by atoms with Crippen molar-refractivity contribution in [2.45, 2.75) is 6.92 Å². The molecule has 0 radical (unpaired) electrons. The molecule has 1 aromatic heterocycles. The van der Waals surface area contributed by atoms with Gasteiger partial charge in [0, 0.05) is 49.0 Å². The second kappa shape index (κ2) is 7.37. The number of anilines is 2. The second-order valence-electron chi connectivity index (χ2n) is 7.18. The number of benzene rings is 2. The number of nitrogens with one attached hydrogen (secondary N) is 1. The van der Waals surface area contributed by atoms with Crippen LogP contribution in [0.1, 0.15) is 15.9 Å². The van der Waals surface area contributed by atoms with Gasteiger partial charge in [0.1, 0.15) is 0 Å². The minimum absolute atomic E-state index is 0.113. The third kappa shape index (κ3) is 3.78. The molecule has 0 spiro atoms. The van der Waals surface area contributed by atoms with Crippen LogP contribution in [0.2, 0.25) is 0 Å². The van der Waals surface area contributed by atoms with Crippen molar-refractivity contribution in [2.24, 2.45) is 0 Å². The highest BCUT2D eigenvalue weighted by Gasteiger charge is 2.15. The number of carbonyl (C=O) groups is 1. The monoisotopic (exact) mass is 360 g/mol. The Morgan fingerprint density at radius 2 is 1.78 bits per heavy atom. The topological polar surface area (TPSA) is 48.5 Å². The molecule has 0 bridgehead atoms. The standard InChI is InChI=1S/C22H24N4O/c1-16-14-18-4-3-9-23-21(18)20(15-16)24-22(27)17-5-7-19(8-6-17)26-12-10-25(2)11-13-26/h3-9,14-15H,10-13H2,1-2H3,(H,24,27). The molecular weight excluding hydrogens is 336 g/mol. The van der Waals surface area contributed by atoms with E-state index in [9.17, 15) is 4.79 Å². The lowest BCUT2D eigenvalue weighted by atomic mass is 10.1. The van der Waals surface area contributed by atoms with E-state index in [2.05, 4.69) is 33.2 Å². The van der Waals surface area contributed by atoms with Crippen LogP contribution >= 0.6 is 0 Å². The quantitative estimate of drug-likeness (QED) is 0.776. The fraction of sp³-hybridized carbons (Fsp3) is 0.273. The summed E-state index contributed by atoms with van der Waals surface area (Å²) in [5, 5.41) is 4.05. The molecule has 0 saturated carbocycles. The van der Waals surface area contributed by atoms with E-state index in [1.807, 2.05) is 49.4 Å². The van der Waals surface area contributed by atoms with Crippen molar-refractivity contribution in [3.63, 3.8) is 0 Å². The predicted octanol–water partition coefficient (Wildman–Crippen LogP) is 3.55. The number of piperazine rings is 1. The number of nitrogens with zero attached hydrogens (tertiary/aromatic N) is 3. The van der Waals surface area contributed by atoms with E-state index in [-0.39, 0.29) is 5.91 Å². The summed E-state index contributed by atoms with van der Waals surface area (Å²) >= 11 is 0. The number of amides is 1. The smallest absolute Gasteiger partial charge is 0.255 e. The fourth-order valence-electron chi connectivity index (χ4n) is 3.52. The predicted molar refractivity (Wildman–Crippen MR) is 111 cm³/mol. The molecule has 0 unspecified atom stereocenters. The third-order valence-electron chi connectivity index (χ3n) is 5.10. The van der Waals surface area contributed by atoms with Crippen molar-refractivity contribution < 1.29 is 4.79 Å². The molecule has 1 aliphatic rings. The SMILES string of the molecule is Cc1cc(NC(=O)c2ccc(N3CCN(C)CC3)cc2)c2ncccc2c1. The van der Waals surface area contributed by atoms with Gasteiger partial charge in [-0.15, -0.1) is 0 Å². The van der Waals surface area contributed by atoms with E-state index < -0.39 is 0 Å². The van der Waals surface area contributed by atoms with Gasteiger partial charge in [-0.2, -0.15) is 0 Å². The maximum absolute atomic E-state index is 12.7. The van der Waals surface area contributed by atoms with Gasteiger partial charge in [-0.3, -0.25) is 9.78 Å². The minimum atomic E-state index is -0.113. The van der Waals surface area contributed by atoms with Crippen molar-refractivity contribution in [3.05, 3.63) is 65.9 Å². The van der Waals surface area contributed by atoms with E-state index in [0.717, 1.165) is 48.3 Å². The van der Waals surface area contributed by atoms with Crippen LogP contribution in [0.4, 0.5) is 11.4 Å². The molecule has 27 heavy (non-hydrogen) atoms. The first-order chi connectivity index (χ1) is 13.1. The molecule has 138 valence electrons. The van der Waals surface area contributed by atoms with Gasteiger partial charge in [0.05, 0.1) is 11.2 Å². The molecule has 1 amide bonds. The first kappa shape index (κ1) is 17.5. The van der Waals surface area contributed by atoms with E-state index in [0.29, 0.717) is 5.56 Å². The zero-order chi connectivity index (χ0) is 18.8. The first-order valence-electron chi connectivity index (χ1n) is 9.30. The van der Waals surface area contributed by atoms with Gasteiger partial charge in [0.25, 0.3) is 5.91 Å². The lowest BCUT2D eigenvalue weighted by Gasteiger charge is -2.34. The maximum Gasteiger partial charge on any atom is 0.255 e. The van der Waals surface area contributed by atoms with Gasteiger partial charge in [-0.25, -0.2) is 0 Å². The molecule has 0 aliphatic carbocycles. The summed E-state index contributed by atoms with van der Waals surface area (Å²) in [7, 11) is 2.15. The summed E-state index contributed by atoms with van der Waals surface area (Å²) in [6, 6.07) is 15.8. The average molecular weight is 360 g/mol. The van der Waals surface area contributed by atoms with E-state index >= 15 is 0 Å². The first-order valence-corrected chi connectivity index (χ1v) is 9.30. The molecule has 1 N–H and O–H groups in total. The van der Waals surface area contributed by atoms with Crippen molar-refractivity contribution in [2.75, 3.05) is 43.4 Å². The van der Waals surface area contributed by atoms with Crippen LogP contribution in [0, 0.1) is 6.92 Å². The Morgan fingerprint density at radius 1 is 1.04 bits per heavy atom. The van der Waals surface area contributed by atoms with Crippen LogP contribution in [0.3, 0.4) is 0 Å². The zero-order valence-electron chi connectivity index (χ0n) is 15.8. The molecule has 0 atom stereocenters. The number of carbonyl (C=O) groups excluding carboxylic acids is 1. The number of fused-ring (bicyclic) bond motifs is 1. The third-order valence-corrected chi connectivity index (χ3v) is 5.10. The molecule has 1 fully saturated rings. The zero-order valence-corrected chi connectivity index (χ0v) is 15.8. The Hall–Kier alpha value is -2.92. The summed E-state index contributed by atoms with van der Waals surface area (Å²) in [4.78, 5) is 21.9. The van der Waals surface area contributed by atoms with Crippen molar-refractivity contribution >= 4 is 28.2 Å². The fourth-order valence-corrected chi connectivity index (χ4v) is 3.52. The maximum atomic E-state index is 12.7. The highest BCUT2D eigenvalue weighted by atomic mass is 16.1. The van der Waals surface area contributed by atoms with Gasteiger partial charge in [-0.05, 0) is 62.0 Å². The molecule has 5 heteroatoms.